The van der Waals surface area contributed by atoms with Crippen molar-refractivity contribution in [3.8, 4) is 0 Å². The van der Waals surface area contributed by atoms with Crippen molar-refractivity contribution in [3.05, 3.63) is 47.5 Å². The monoisotopic (exact) mass is 497 g/mol. The highest BCUT2D eigenvalue weighted by Gasteiger charge is 2.22. The molecule has 0 atom stereocenters. The van der Waals surface area contributed by atoms with Crippen LogP contribution in [0, 0.1) is 0 Å². The van der Waals surface area contributed by atoms with Gasteiger partial charge in [0.2, 0.25) is 5.91 Å². The van der Waals surface area contributed by atoms with Crippen LogP contribution in [0.15, 0.2) is 41.4 Å². The van der Waals surface area contributed by atoms with Crippen LogP contribution in [-0.2, 0) is 11.3 Å². The maximum absolute atomic E-state index is 12.5. The van der Waals surface area contributed by atoms with Crippen LogP contribution in [0.2, 0.25) is 0 Å². The molecule has 0 spiro atoms. The van der Waals surface area contributed by atoms with E-state index in [-0.39, 0.29) is 42.3 Å². The molecular weight excluding hydrogens is 469 g/mol. The Morgan fingerprint density at radius 3 is 2.61 bits per heavy atom. The van der Waals surface area contributed by atoms with Gasteiger partial charge in [-0.3, -0.25) is 9.59 Å². The number of amides is 2. The molecule has 2 amide bonds. The number of carbonyl (C=O) groups is 2. The van der Waals surface area contributed by atoms with Gasteiger partial charge >= 0.3 is 0 Å². The standard InChI is InChI=1S/C20H27N5O2.HI/c1-2-21-20(24-17-5-3-4-6-17)23-13-15-7-9-16(10-8-15)19(27)25-12-11-22-18(26)14-25;/h3-4,7-10,17H,2,5-6,11-14H2,1H3,(H,22,26)(H2,21,23,24);1H. The van der Waals surface area contributed by atoms with Crippen LogP contribution in [0.5, 0.6) is 0 Å². The van der Waals surface area contributed by atoms with E-state index in [0.29, 0.717) is 31.2 Å². The first-order valence-corrected chi connectivity index (χ1v) is 9.50. The van der Waals surface area contributed by atoms with E-state index < -0.39 is 0 Å². The van der Waals surface area contributed by atoms with Crippen LogP contribution in [0.3, 0.4) is 0 Å². The number of aliphatic imine (C=N–C) groups is 1. The highest BCUT2D eigenvalue weighted by molar-refractivity contribution is 14.0. The fourth-order valence-electron chi connectivity index (χ4n) is 3.17. The lowest BCUT2D eigenvalue weighted by Gasteiger charge is -2.26. The summed E-state index contributed by atoms with van der Waals surface area (Å²) in [5.41, 5.74) is 1.63. The van der Waals surface area contributed by atoms with Gasteiger partial charge in [-0.15, -0.1) is 24.0 Å². The van der Waals surface area contributed by atoms with Crippen LogP contribution in [0.4, 0.5) is 0 Å². The third kappa shape index (κ3) is 6.22. The van der Waals surface area contributed by atoms with E-state index in [9.17, 15) is 9.59 Å². The van der Waals surface area contributed by atoms with Crippen molar-refractivity contribution in [2.45, 2.75) is 32.4 Å². The maximum atomic E-state index is 12.5. The van der Waals surface area contributed by atoms with Gasteiger partial charge in [-0.05, 0) is 37.5 Å². The first-order chi connectivity index (χ1) is 13.2. The Balaban J connectivity index is 0.00000280. The molecule has 0 unspecified atom stereocenters. The van der Waals surface area contributed by atoms with Crippen molar-refractivity contribution in [1.29, 1.82) is 0 Å². The van der Waals surface area contributed by atoms with E-state index in [1.54, 1.807) is 17.0 Å². The third-order valence-electron chi connectivity index (χ3n) is 4.64. The van der Waals surface area contributed by atoms with E-state index >= 15 is 0 Å². The third-order valence-corrected chi connectivity index (χ3v) is 4.64. The molecule has 0 radical (unpaired) electrons. The summed E-state index contributed by atoms with van der Waals surface area (Å²) in [7, 11) is 0. The van der Waals surface area contributed by atoms with Gasteiger partial charge in [0.05, 0.1) is 13.1 Å². The molecule has 3 N–H and O–H groups in total. The molecule has 7 nitrogen and oxygen atoms in total. The molecule has 1 aromatic carbocycles. The number of hydrogen-bond donors (Lipinski definition) is 3. The normalized spacial score (nSPS) is 17.1. The zero-order valence-electron chi connectivity index (χ0n) is 16.1. The van der Waals surface area contributed by atoms with Crippen LogP contribution in [0.1, 0.15) is 35.7 Å². The molecule has 28 heavy (non-hydrogen) atoms. The molecule has 1 fully saturated rings. The minimum Gasteiger partial charge on any atom is -0.357 e. The summed E-state index contributed by atoms with van der Waals surface area (Å²) in [5.74, 6) is 0.593. The number of piperazine rings is 1. The van der Waals surface area contributed by atoms with Gasteiger partial charge in [0.15, 0.2) is 5.96 Å². The van der Waals surface area contributed by atoms with E-state index in [0.717, 1.165) is 30.9 Å². The van der Waals surface area contributed by atoms with E-state index in [4.69, 9.17) is 0 Å². The molecule has 0 bridgehead atoms. The van der Waals surface area contributed by atoms with E-state index in [2.05, 4.69) is 33.1 Å². The fourth-order valence-corrected chi connectivity index (χ4v) is 3.17. The number of carbonyl (C=O) groups excluding carboxylic acids is 2. The maximum Gasteiger partial charge on any atom is 0.254 e. The molecule has 2 aliphatic rings. The van der Waals surface area contributed by atoms with Crippen molar-refractivity contribution >= 4 is 41.8 Å². The molecule has 1 aliphatic carbocycles. The second-order valence-electron chi connectivity index (χ2n) is 6.75. The number of hydrogen-bond acceptors (Lipinski definition) is 3. The fraction of sp³-hybridized carbons (Fsp3) is 0.450. The first-order valence-electron chi connectivity index (χ1n) is 9.50. The molecular formula is C20H28IN5O2. The predicted molar refractivity (Wildman–Crippen MR) is 121 cm³/mol. The number of guanidine groups is 1. The van der Waals surface area contributed by atoms with Crippen LogP contribution in [0.25, 0.3) is 0 Å². The van der Waals surface area contributed by atoms with Crippen LogP contribution >= 0.6 is 24.0 Å². The van der Waals surface area contributed by atoms with Gasteiger partial charge in [0.25, 0.3) is 5.91 Å². The van der Waals surface area contributed by atoms with Gasteiger partial charge < -0.3 is 20.9 Å². The SMILES string of the molecule is CCNC(=NCc1ccc(C(=O)N2CCNC(=O)C2)cc1)NC1CC=CC1.I. The highest BCUT2D eigenvalue weighted by atomic mass is 127. The van der Waals surface area contributed by atoms with Crippen LogP contribution < -0.4 is 16.0 Å². The minimum absolute atomic E-state index is 0. The summed E-state index contributed by atoms with van der Waals surface area (Å²) in [5, 5.41) is 9.44. The number of nitrogens with zero attached hydrogens (tertiary/aromatic N) is 2. The van der Waals surface area contributed by atoms with Crippen molar-refractivity contribution in [2.75, 3.05) is 26.2 Å². The number of halogens is 1. The predicted octanol–water partition coefficient (Wildman–Crippen LogP) is 1.65. The molecule has 1 heterocycles. The van der Waals surface area contributed by atoms with E-state index in [1.807, 2.05) is 19.1 Å². The summed E-state index contributed by atoms with van der Waals surface area (Å²) in [4.78, 5) is 30.2. The summed E-state index contributed by atoms with van der Waals surface area (Å²) in [6.45, 7) is 4.57. The quantitative estimate of drug-likeness (QED) is 0.250. The van der Waals surface area contributed by atoms with Gasteiger partial charge in [-0.2, -0.15) is 0 Å². The van der Waals surface area contributed by atoms with Gasteiger partial charge in [0, 0.05) is 31.2 Å². The summed E-state index contributed by atoms with van der Waals surface area (Å²) in [6, 6.07) is 7.86. The Hall–Kier alpha value is -2.10. The van der Waals surface area contributed by atoms with Gasteiger partial charge in [0.1, 0.15) is 0 Å². The average Bonchev–Trinajstić information content (AvgIpc) is 3.19. The molecule has 1 saturated heterocycles. The van der Waals surface area contributed by atoms with Crippen molar-refractivity contribution < 1.29 is 9.59 Å². The lowest BCUT2D eigenvalue weighted by molar-refractivity contribution is -0.123. The van der Waals surface area contributed by atoms with Crippen LogP contribution in [-0.4, -0.2) is 54.9 Å². The summed E-state index contributed by atoms with van der Waals surface area (Å²) in [6.07, 6.45) is 6.41. The van der Waals surface area contributed by atoms with E-state index in [1.165, 1.54) is 0 Å². The minimum atomic E-state index is -0.110. The molecule has 1 aliphatic heterocycles. The largest absolute Gasteiger partial charge is 0.357 e. The average molecular weight is 497 g/mol. The first kappa shape index (κ1) is 22.2. The van der Waals surface area contributed by atoms with Crippen molar-refractivity contribution in [2.24, 2.45) is 4.99 Å². The second-order valence-corrected chi connectivity index (χ2v) is 6.75. The Labute approximate surface area is 183 Å². The smallest absolute Gasteiger partial charge is 0.254 e. The van der Waals surface area contributed by atoms with Crippen molar-refractivity contribution in [1.82, 2.24) is 20.9 Å². The molecule has 0 aromatic heterocycles. The van der Waals surface area contributed by atoms with Crippen molar-refractivity contribution in [3.63, 3.8) is 0 Å². The van der Waals surface area contributed by atoms with Gasteiger partial charge in [-0.25, -0.2) is 4.99 Å². The number of benzene rings is 1. The second kappa shape index (κ2) is 11.0. The van der Waals surface area contributed by atoms with Gasteiger partial charge in [-0.1, -0.05) is 24.3 Å². The molecule has 1 aromatic rings. The molecule has 0 saturated carbocycles. The molecule has 152 valence electrons. The lowest BCUT2D eigenvalue weighted by Crippen LogP contribution is -2.49. The Morgan fingerprint density at radius 2 is 1.96 bits per heavy atom. The number of rotatable bonds is 5. The topological polar surface area (TPSA) is 85.8 Å². The molecule has 3 rings (SSSR count). The molecule has 8 heteroatoms. The zero-order chi connectivity index (χ0) is 19.1. The number of nitrogens with one attached hydrogen (secondary N) is 3. The summed E-state index contributed by atoms with van der Waals surface area (Å²) < 4.78 is 0. The Bertz CT molecular complexity index is 725. The lowest BCUT2D eigenvalue weighted by atomic mass is 10.1. The summed E-state index contributed by atoms with van der Waals surface area (Å²) >= 11 is 0. The highest BCUT2D eigenvalue weighted by Crippen LogP contribution is 2.11. The Kier molecular flexibility index (Phi) is 8.75. The zero-order valence-corrected chi connectivity index (χ0v) is 18.4. The Morgan fingerprint density at radius 1 is 1.25 bits per heavy atom.